The van der Waals surface area contributed by atoms with Gasteiger partial charge in [-0.2, -0.15) is 0 Å². The van der Waals surface area contributed by atoms with Gasteiger partial charge in [-0.15, -0.1) is 0 Å². The first-order valence-electron chi connectivity index (χ1n) is 7.91. The third kappa shape index (κ3) is 2.11. The van der Waals surface area contributed by atoms with Gasteiger partial charge in [-0.1, -0.05) is 13.5 Å². The summed E-state index contributed by atoms with van der Waals surface area (Å²) >= 11 is 0. The molecule has 0 aromatic carbocycles. The van der Waals surface area contributed by atoms with E-state index in [1.165, 1.54) is 0 Å². The van der Waals surface area contributed by atoms with Crippen molar-refractivity contribution < 1.29 is 14.3 Å². The molecule has 1 aliphatic heterocycles. The molecule has 0 N–H and O–H groups in total. The molecule has 3 fully saturated rings. The maximum absolute atomic E-state index is 12.1. The van der Waals surface area contributed by atoms with Crippen molar-refractivity contribution in [1.29, 1.82) is 0 Å². The van der Waals surface area contributed by atoms with Gasteiger partial charge in [0.05, 0.1) is 5.92 Å². The highest BCUT2D eigenvalue weighted by molar-refractivity contribution is 5.96. The Hall–Kier alpha value is -1.12. The number of hydrogen-bond donors (Lipinski definition) is 0. The molecule has 6 unspecified atom stereocenters. The smallest absolute Gasteiger partial charge is 0.309 e. The molecule has 0 spiro atoms. The first-order chi connectivity index (χ1) is 9.51. The molecule has 1 heterocycles. The summed E-state index contributed by atoms with van der Waals surface area (Å²) in [4.78, 5) is 23.9. The van der Waals surface area contributed by atoms with Gasteiger partial charge in [-0.05, 0) is 62.4 Å². The molecule has 3 rings (SSSR count). The van der Waals surface area contributed by atoms with E-state index in [0.717, 1.165) is 32.1 Å². The van der Waals surface area contributed by atoms with Crippen LogP contribution in [0.4, 0.5) is 0 Å². The molecule has 2 saturated carbocycles. The number of rotatable bonds is 4. The number of esters is 1. The first-order valence-corrected chi connectivity index (χ1v) is 7.91. The van der Waals surface area contributed by atoms with Crippen LogP contribution in [-0.4, -0.2) is 17.9 Å². The monoisotopic (exact) mass is 276 g/mol. The Kier molecular flexibility index (Phi) is 3.47. The van der Waals surface area contributed by atoms with Crippen LogP contribution in [0.3, 0.4) is 0 Å². The van der Waals surface area contributed by atoms with E-state index in [0.29, 0.717) is 23.3 Å². The number of cyclic esters (lactones) is 1. The molecule has 3 nitrogen and oxygen atoms in total. The Morgan fingerprint density at radius 3 is 2.50 bits per heavy atom. The second kappa shape index (κ2) is 5.01. The Morgan fingerprint density at radius 1 is 1.25 bits per heavy atom. The molecule has 2 bridgehead atoms. The van der Waals surface area contributed by atoms with Crippen LogP contribution >= 0.6 is 0 Å². The van der Waals surface area contributed by atoms with E-state index in [2.05, 4.69) is 13.5 Å². The Balaban J connectivity index is 1.64. The van der Waals surface area contributed by atoms with Crippen LogP contribution in [0, 0.1) is 29.6 Å². The molecule has 0 aromatic heterocycles. The number of ketones is 1. The van der Waals surface area contributed by atoms with Crippen molar-refractivity contribution in [1.82, 2.24) is 0 Å². The fraction of sp³-hybridized carbons (Fsp3) is 0.765. The molecular formula is C17H24O3. The lowest BCUT2D eigenvalue weighted by Gasteiger charge is -2.30. The fourth-order valence-electron chi connectivity index (χ4n) is 4.68. The zero-order valence-electron chi connectivity index (χ0n) is 12.4. The van der Waals surface area contributed by atoms with E-state index < -0.39 is 0 Å². The minimum atomic E-state index is -0.00478. The Labute approximate surface area is 120 Å². The summed E-state index contributed by atoms with van der Waals surface area (Å²) in [5.41, 5.74) is 0.692. The largest absolute Gasteiger partial charge is 0.462 e. The highest BCUT2D eigenvalue weighted by Gasteiger charge is 2.53. The molecule has 20 heavy (non-hydrogen) atoms. The number of carbonyl (C=O) groups excluding carboxylic acids is 2. The minimum Gasteiger partial charge on any atom is -0.462 e. The molecule has 2 aliphatic carbocycles. The van der Waals surface area contributed by atoms with Gasteiger partial charge in [0.15, 0.2) is 5.78 Å². The molecule has 0 aromatic rings. The summed E-state index contributed by atoms with van der Waals surface area (Å²) in [6, 6.07) is 0. The lowest BCUT2D eigenvalue weighted by atomic mass is 9.76. The van der Waals surface area contributed by atoms with E-state index in [-0.39, 0.29) is 29.7 Å². The second-order valence-electron chi connectivity index (χ2n) is 6.96. The van der Waals surface area contributed by atoms with Gasteiger partial charge in [-0.3, -0.25) is 9.59 Å². The van der Waals surface area contributed by atoms with Crippen molar-refractivity contribution in [3.8, 4) is 0 Å². The predicted octanol–water partition coefficient (Wildman–Crippen LogP) is 3.14. The van der Waals surface area contributed by atoms with Gasteiger partial charge >= 0.3 is 5.97 Å². The van der Waals surface area contributed by atoms with Gasteiger partial charge in [0, 0.05) is 5.92 Å². The van der Waals surface area contributed by atoms with Gasteiger partial charge in [0.25, 0.3) is 0 Å². The lowest BCUT2D eigenvalue weighted by molar-refractivity contribution is -0.147. The fourth-order valence-corrected chi connectivity index (χ4v) is 4.68. The maximum atomic E-state index is 12.1. The summed E-state index contributed by atoms with van der Waals surface area (Å²) in [5.74, 6) is 2.10. The molecule has 0 amide bonds. The number of hydrogen-bond acceptors (Lipinski definition) is 3. The van der Waals surface area contributed by atoms with Gasteiger partial charge in [0.2, 0.25) is 0 Å². The van der Waals surface area contributed by atoms with Crippen molar-refractivity contribution in [2.75, 3.05) is 0 Å². The molecular weight excluding hydrogens is 252 g/mol. The molecule has 1 saturated heterocycles. The molecule has 6 atom stereocenters. The third-order valence-electron chi connectivity index (χ3n) is 5.76. The average Bonchev–Trinajstić information content (AvgIpc) is 3.09. The summed E-state index contributed by atoms with van der Waals surface area (Å²) in [6.07, 6.45) is 5.06. The second-order valence-corrected chi connectivity index (χ2v) is 6.96. The summed E-state index contributed by atoms with van der Waals surface area (Å²) in [7, 11) is 0. The van der Waals surface area contributed by atoms with Crippen molar-refractivity contribution in [2.24, 2.45) is 29.6 Å². The summed E-state index contributed by atoms with van der Waals surface area (Å²) < 4.78 is 5.60. The zero-order chi connectivity index (χ0) is 14.4. The molecule has 3 aliphatic rings. The third-order valence-corrected chi connectivity index (χ3v) is 5.76. The van der Waals surface area contributed by atoms with Gasteiger partial charge in [0.1, 0.15) is 6.10 Å². The Morgan fingerprint density at radius 2 is 2.00 bits per heavy atom. The number of allylic oxidation sites excluding steroid dienone is 1. The standard InChI is InChI=1S/C17H24O3/c1-4-10-8-15(20-17(10)19)13-6-12-5-11(13)7-14(12)16(18)9(2)3/h10-15H,2,4-8H2,1,3H3. The van der Waals surface area contributed by atoms with Crippen LogP contribution in [0.2, 0.25) is 0 Å². The van der Waals surface area contributed by atoms with E-state index in [4.69, 9.17) is 4.74 Å². The summed E-state index contributed by atoms with van der Waals surface area (Å²) in [5, 5.41) is 0. The van der Waals surface area contributed by atoms with Crippen LogP contribution in [0.5, 0.6) is 0 Å². The van der Waals surface area contributed by atoms with Crippen LogP contribution in [0.1, 0.15) is 46.0 Å². The van der Waals surface area contributed by atoms with Crippen LogP contribution < -0.4 is 0 Å². The van der Waals surface area contributed by atoms with E-state index in [1.54, 1.807) is 0 Å². The minimum absolute atomic E-state index is 0.00478. The molecule has 3 heteroatoms. The van der Waals surface area contributed by atoms with Gasteiger partial charge < -0.3 is 4.74 Å². The van der Waals surface area contributed by atoms with E-state index in [9.17, 15) is 9.59 Å². The topological polar surface area (TPSA) is 43.4 Å². The predicted molar refractivity (Wildman–Crippen MR) is 75.9 cm³/mol. The zero-order valence-corrected chi connectivity index (χ0v) is 12.4. The number of ether oxygens (including phenoxy) is 1. The van der Waals surface area contributed by atoms with Crippen molar-refractivity contribution in [2.45, 2.75) is 52.1 Å². The number of carbonyl (C=O) groups is 2. The summed E-state index contributed by atoms with van der Waals surface area (Å²) in [6.45, 7) is 7.66. The molecule has 0 radical (unpaired) electrons. The van der Waals surface area contributed by atoms with Crippen molar-refractivity contribution >= 4 is 11.8 Å². The SMILES string of the molecule is C=C(C)C(=O)C1CC2CC1CC2C1CC(CC)C(=O)O1. The number of Topliss-reactive ketones (excluding diaryl/α,β-unsaturated/α-hetero) is 1. The van der Waals surface area contributed by atoms with Gasteiger partial charge in [-0.25, -0.2) is 0 Å². The maximum Gasteiger partial charge on any atom is 0.309 e. The Bertz CT molecular complexity index is 453. The first kappa shape index (κ1) is 13.8. The van der Waals surface area contributed by atoms with E-state index in [1.807, 2.05) is 6.92 Å². The lowest BCUT2D eigenvalue weighted by Crippen LogP contribution is -2.31. The average molecular weight is 276 g/mol. The van der Waals surface area contributed by atoms with Crippen LogP contribution in [-0.2, 0) is 14.3 Å². The normalized spacial score (nSPS) is 42.8. The van der Waals surface area contributed by atoms with Crippen LogP contribution in [0.25, 0.3) is 0 Å². The van der Waals surface area contributed by atoms with E-state index >= 15 is 0 Å². The highest BCUT2D eigenvalue weighted by Crippen LogP contribution is 2.55. The highest BCUT2D eigenvalue weighted by atomic mass is 16.6. The van der Waals surface area contributed by atoms with Crippen LogP contribution in [0.15, 0.2) is 12.2 Å². The number of fused-ring (bicyclic) bond motifs is 2. The molecule has 110 valence electrons. The van der Waals surface area contributed by atoms with Crippen molar-refractivity contribution in [3.05, 3.63) is 12.2 Å². The quantitative estimate of drug-likeness (QED) is 0.585. The van der Waals surface area contributed by atoms with Crippen molar-refractivity contribution in [3.63, 3.8) is 0 Å².